The number of nitrogens with two attached hydrogens (primary N) is 2. The molecule has 2 heterocycles. The molecule has 2 amide bonds. The van der Waals surface area contributed by atoms with Gasteiger partial charge in [-0.2, -0.15) is 0 Å². The number of aliphatic carboxylic acids is 1. The Morgan fingerprint density at radius 1 is 1.24 bits per heavy atom. The van der Waals surface area contributed by atoms with Crippen molar-refractivity contribution in [1.29, 1.82) is 5.41 Å². The molecule has 8 N–H and O–H groups in total. The second-order valence-electron chi connectivity index (χ2n) is 8.25. The van der Waals surface area contributed by atoms with Crippen LogP contribution in [0.1, 0.15) is 24.1 Å². The lowest BCUT2D eigenvalue weighted by atomic mass is 10.1. The number of hydrogen-bond donors (Lipinski definition) is 6. The molecular formula is C23H30N6O4S. The van der Waals surface area contributed by atoms with Crippen LogP contribution in [-0.4, -0.2) is 65.5 Å². The second-order valence-corrected chi connectivity index (χ2v) is 9.41. The Morgan fingerprint density at radius 3 is 2.68 bits per heavy atom. The van der Waals surface area contributed by atoms with Crippen molar-refractivity contribution in [3.63, 3.8) is 0 Å². The molecule has 3 rings (SSSR count). The van der Waals surface area contributed by atoms with Crippen molar-refractivity contribution in [2.24, 2.45) is 11.5 Å². The van der Waals surface area contributed by atoms with Gasteiger partial charge in [-0.3, -0.25) is 15.0 Å². The number of carboxylic acids is 1. The van der Waals surface area contributed by atoms with E-state index in [0.29, 0.717) is 25.9 Å². The van der Waals surface area contributed by atoms with Crippen LogP contribution in [0.3, 0.4) is 0 Å². The SMILES string of the molecule is N=C(N)N1CC=C(CC(N)C(=O)NCCCC(=O)NC(Cc2cc3ccccc3s2)C(=O)O)C1. The lowest BCUT2D eigenvalue weighted by molar-refractivity contribution is -0.141. The van der Waals surface area contributed by atoms with Gasteiger partial charge in [-0.1, -0.05) is 29.8 Å². The van der Waals surface area contributed by atoms with Gasteiger partial charge in [0.05, 0.1) is 6.04 Å². The van der Waals surface area contributed by atoms with Gasteiger partial charge in [-0.05, 0) is 30.4 Å². The van der Waals surface area contributed by atoms with Gasteiger partial charge in [0.15, 0.2) is 5.96 Å². The van der Waals surface area contributed by atoms with E-state index in [0.717, 1.165) is 20.5 Å². The molecule has 0 radical (unpaired) electrons. The van der Waals surface area contributed by atoms with Gasteiger partial charge in [0.2, 0.25) is 11.8 Å². The zero-order valence-corrected chi connectivity index (χ0v) is 19.6. The van der Waals surface area contributed by atoms with Gasteiger partial charge in [-0.25, -0.2) is 4.79 Å². The highest BCUT2D eigenvalue weighted by atomic mass is 32.1. The van der Waals surface area contributed by atoms with E-state index >= 15 is 0 Å². The summed E-state index contributed by atoms with van der Waals surface area (Å²) in [6.45, 7) is 1.28. The minimum atomic E-state index is -1.09. The summed E-state index contributed by atoms with van der Waals surface area (Å²) in [5.74, 6) is -1.81. The molecule has 0 saturated carbocycles. The number of thiophene rings is 1. The van der Waals surface area contributed by atoms with E-state index in [1.165, 1.54) is 11.3 Å². The van der Waals surface area contributed by atoms with E-state index < -0.39 is 18.1 Å². The molecule has 1 aromatic heterocycles. The molecule has 1 aromatic carbocycles. The molecule has 1 aliphatic rings. The Balaban J connectivity index is 1.37. The number of hydrogen-bond acceptors (Lipinski definition) is 6. The fourth-order valence-electron chi connectivity index (χ4n) is 3.72. The van der Waals surface area contributed by atoms with Gasteiger partial charge in [-0.15, -0.1) is 11.3 Å². The summed E-state index contributed by atoms with van der Waals surface area (Å²) in [5.41, 5.74) is 12.4. The molecule has 2 aromatic rings. The quantitative estimate of drug-likeness (QED) is 0.118. The Bertz CT molecular complexity index is 1070. The summed E-state index contributed by atoms with van der Waals surface area (Å²) < 4.78 is 1.07. The normalized spacial score (nSPS) is 15.0. The largest absolute Gasteiger partial charge is 0.480 e. The summed E-state index contributed by atoms with van der Waals surface area (Å²) in [5, 5.41) is 23.3. The van der Waals surface area contributed by atoms with Gasteiger partial charge in [0.1, 0.15) is 6.04 Å². The first kappa shape index (κ1) is 25.2. The van der Waals surface area contributed by atoms with Crippen LogP contribution in [0.2, 0.25) is 0 Å². The van der Waals surface area contributed by atoms with E-state index in [9.17, 15) is 19.5 Å². The maximum Gasteiger partial charge on any atom is 0.326 e. The molecule has 0 fully saturated rings. The number of nitrogens with zero attached hydrogens (tertiary/aromatic N) is 1. The van der Waals surface area contributed by atoms with E-state index in [-0.39, 0.29) is 37.2 Å². The van der Waals surface area contributed by atoms with Crippen molar-refractivity contribution in [2.75, 3.05) is 19.6 Å². The van der Waals surface area contributed by atoms with Crippen molar-refractivity contribution in [3.05, 3.63) is 46.9 Å². The number of amides is 2. The van der Waals surface area contributed by atoms with Crippen LogP contribution in [0, 0.1) is 5.41 Å². The van der Waals surface area contributed by atoms with E-state index in [2.05, 4.69) is 10.6 Å². The average molecular weight is 487 g/mol. The Morgan fingerprint density at radius 2 is 2.00 bits per heavy atom. The zero-order valence-electron chi connectivity index (χ0n) is 18.8. The number of carboxylic acid groups (broad SMARTS) is 1. The highest BCUT2D eigenvalue weighted by Gasteiger charge is 2.22. The topological polar surface area (TPSA) is 175 Å². The minimum absolute atomic E-state index is 0.0171. The summed E-state index contributed by atoms with van der Waals surface area (Å²) in [7, 11) is 0. The monoisotopic (exact) mass is 486 g/mol. The minimum Gasteiger partial charge on any atom is -0.480 e. The number of benzene rings is 1. The van der Waals surface area contributed by atoms with Crippen LogP contribution in [0.25, 0.3) is 10.1 Å². The van der Waals surface area contributed by atoms with Crippen molar-refractivity contribution < 1.29 is 19.5 Å². The molecule has 11 heteroatoms. The van der Waals surface area contributed by atoms with Crippen LogP contribution in [0.5, 0.6) is 0 Å². The van der Waals surface area contributed by atoms with Crippen molar-refractivity contribution in [3.8, 4) is 0 Å². The third-order valence-electron chi connectivity index (χ3n) is 5.55. The van der Waals surface area contributed by atoms with Crippen LogP contribution in [-0.2, 0) is 20.8 Å². The molecular weight excluding hydrogens is 456 g/mol. The van der Waals surface area contributed by atoms with E-state index in [4.69, 9.17) is 16.9 Å². The highest BCUT2D eigenvalue weighted by molar-refractivity contribution is 7.19. The maximum atomic E-state index is 12.3. The molecule has 2 atom stereocenters. The standard InChI is InChI=1S/C23H30N6O4S/c24-17(10-14-7-9-29(13-14)23(25)26)21(31)27-8-3-6-20(30)28-18(22(32)33)12-16-11-15-4-1-2-5-19(15)34-16/h1-2,4-5,7,11,17-18H,3,6,8-10,12-13,24H2,(H3,25,26)(H,27,31)(H,28,30)(H,32,33). The smallest absolute Gasteiger partial charge is 0.326 e. The number of rotatable bonds is 11. The first-order valence-corrected chi connectivity index (χ1v) is 11.8. The average Bonchev–Trinajstić information content (AvgIpc) is 3.42. The zero-order chi connectivity index (χ0) is 24.7. The van der Waals surface area contributed by atoms with Crippen LogP contribution >= 0.6 is 11.3 Å². The highest BCUT2D eigenvalue weighted by Crippen LogP contribution is 2.26. The molecule has 34 heavy (non-hydrogen) atoms. The summed E-state index contributed by atoms with van der Waals surface area (Å²) in [6.07, 6.45) is 2.94. The van der Waals surface area contributed by atoms with Crippen LogP contribution in [0.15, 0.2) is 42.0 Å². The Hall–Kier alpha value is -3.44. The molecule has 2 unspecified atom stereocenters. The first-order valence-electron chi connectivity index (χ1n) is 11.0. The van der Waals surface area contributed by atoms with Crippen molar-refractivity contribution in [2.45, 2.75) is 37.8 Å². The molecule has 0 saturated heterocycles. The third-order valence-corrected chi connectivity index (χ3v) is 6.69. The fourth-order valence-corrected chi connectivity index (χ4v) is 4.83. The third kappa shape index (κ3) is 7.03. The predicted molar refractivity (Wildman–Crippen MR) is 132 cm³/mol. The molecule has 182 valence electrons. The lowest BCUT2D eigenvalue weighted by Crippen LogP contribution is -2.43. The molecule has 0 bridgehead atoms. The van der Waals surface area contributed by atoms with Gasteiger partial charge < -0.3 is 32.1 Å². The fraction of sp³-hybridized carbons (Fsp3) is 0.391. The second kappa shape index (κ2) is 11.6. The summed E-state index contributed by atoms with van der Waals surface area (Å²) >= 11 is 1.51. The van der Waals surface area contributed by atoms with E-state index in [1.807, 2.05) is 36.4 Å². The number of guanidine groups is 1. The first-order chi connectivity index (χ1) is 16.2. The molecule has 1 aliphatic heterocycles. The predicted octanol–water partition coefficient (Wildman–Crippen LogP) is 0.762. The Kier molecular flexibility index (Phi) is 8.61. The Labute approximate surface area is 201 Å². The number of fused-ring (bicyclic) bond motifs is 1. The van der Waals surface area contributed by atoms with Gasteiger partial charge in [0.25, 0.3) is 0 Å². The van der Waals surface area contributed by atoms with Gasteiger partial charge >= 0.3 is 5.97 Å². The van der Waals surface area contributed by atoms with E-state index in [1.54, 1.807) is 4.90 Å². The number of carbonyl (C=O) groups excluding carboxylic acids is 2. The summed E-state index contributed by atoms with van der Waals surface area (Å²) in [4.78, 5) is 38.7. The number of carbonyl (C=O) groups is 3. The number of nitrogens with one attached hydrogen (secondary N) is 3. The lowest BCUT2D eigenvalue weighted by Gasteiger charge is -2.17. The van der Waals surface area contributed by atoms with Crippen molar-refractivity contribution >= 4 is 45.2 Å². The molecule has 0 spiro atoms. The molecule has 10 nitrogen and oxygen atoms in total. The van der Waals surface area contributed by atoms with Crippen molar-refractivity contribution in [1.82, 2.24) is 15.5 Å². The van der Waals surface area contributed by atoms with Gasteiger partial charge in [0, 0.05) is 42.1 Å². The van der Waals surface area contributed by atoms with Crippen LogP contribution in [0.4, 0.5) is 0 Å². The maximum absolute atomic E-state index is 12.3. The van der Waals surface area contributed by atoms with Crippen LogP contribution < -0.4 is 22.1 Å². The summed E-state index contributed by atoms with van der Waals surface area (Å²) in [6, 6.07) is 8.00. The molecule has 0 aliphatic carbocycles.